The van der Waals surface area contributed by atoms with Crippen LogP contribution in [0, 0.1) is 25.7 Å². The van der Waals surface area contributed by atoms with E-state index in [1.165, 1.54) is 29.5 Å². The summed E-state index contributed by atoms with van der Waals surface area (Å²) in [6, 6.07) is 26.4. The van der Waals surface area contributed by atoms with Gasteiger partial charge in [-0.15, -0.1) is 0 Å². The molecule has 0 spiro atoms. The zero-order valence-electron chi connectivity index (χ0n) is 25.9. The number of aryl methyl sites for hydroxylation is 2. The predicted octanol–water partition coefficient (Wildman–Crippen LogP) is 5.51. The molecule has 5 rings (SSSR count). The highest BCUT2D eigenvalue weighted by Crippen LogP contribution is 2.29. The summed E-state index contributed by atoms with van der Waals surface area (Å²) < 4.78 is 0. The largest absolute Gasteiger partial charge is 0.354 e. The Bertz CT molecular complexity index is 1340. The molecule has 0 bridgehead atoms. The molecule has 2 aliphatic rings. The number of nitrogens with zero attached hydrogens (tertiary/aromatic N) is 2. The molecule has 1 saturated heterocycles. The summed E-state index contributed by atoms with van der Waals surface area (Å²) in [5.74, 6) is 0.901. The van der Waals surface area contributed by atoms with Crippen molar-refractivity contribution >= 4 is 11.8 Å². The highest BCUT2D eigenvalue weighted by Gasteiger charge is 2.42. The molecule has 1 aliphatic heterocycles. The molecule has 3 N–H and O–H groups in total. The average molecular weight is 581 g/mol. The molecule has 0 aromatic heterocycles. The summed E-state index contributed by atoms with van der Waals surface area (Å²) in [5, 5.41) is 3.27. The Morgan fingerprint density at radius 2 is 1.63 bits per heavy atom. The summed E-state index contributed by atoms with van der Waals surface area (Å²) in [6.45, 7) is 7.72. The second-order valence-electron chi connectivity index (χ2n) is 12.7. The third-order valence-corrected chi connectivity index (χ3v) is 9.61. The molecule has 1 aliphatic carbocycles. The van der Waals surface area contributed by atoms with Gasteiger partial charge in [-0.25, -0.2) is 0 Å². The number of nitrogens with two attached hydrogens (primary N) is 1. The van der Waals surface area contributed by atoms with Gasteiger partial charge in [-0.05, 0) is 93.2 Å². The number of carbonyl (C=O) groups excluding carboxylic acids is 2. The van der Waals surface area contributed by atoms with Gasteiger partial charge in [-0.2, -0.15) is 0 Å². The van der Waals surface area contributed by atoms with Crippen molar-refractivity contribution in [2.45, 2.75) is 71.0 Å². The Labute approximate surface area is 257 Å². The fourth-order valence-electron chi connectivity index (χ4n) is 6.89. The van der Waals surface area contributed by atoms with Crippen molar-refractivity contribution in [1.29, 1.82) is 0 Å². The Morgan fingerprint density at radius 1 is 0.907 bits per heavy atom. The molecular formula is C37H48N4O2. The minimum absolute atomic E-state index is 0.0308. The average Bonchev–Trinajstić information content (AvgIpc) is 3.49. The molecule has 3 aromatic rings. The highest BCUT2D eigenvalue weighted by atomic mass is 16.2. The summed E-state index contributed by atoms with van der Waals surface area (Å²) in [5.41, 5.74) is 11.6. The fraction of sp³-hybridized carbons (Fsp3) is 0.459. The normalized spacial score (nSPS) is 22.1. The number of nitrogens with one attached hydrogen (secondary N) is 1. The predicted molar refractivity (Wildman–Crippen MR) is 174 cm³/mol. The monoisotopic (exact) mass is 580 g/mol. The van der Waals surface area contributed by atoms with E-state index in [1.807, 2.05) is 42.2 Å². The van der Waals surface area contributed by atoms with Crippen LogP contribution in [-0.4, -0.2) is 59.9 Å². The lowest BCUT2D eigenvalue weighted by molar-refractivity contribution is -0.125. The first-order valence-electron chi connectivity index (χ1n) is 16.1. The standard InChI is InChI=1S/C37H48N4O2/c1-27-15-17-32(18-16-27)37(43)41-26-34(22-35(41)36(42)39-24-31-13-8-12-30(21-31)23-38)40(20-19-29-10-4-3-5-11-29)25-33-14-7-6-9-28(33)2/h3-7,9-11,14-18,30-31,34-35H,8,12-13,19-26,38H2,1-2H3,(H,39,42). The lowest BCUT2D eigenvalue weighted by Gasteiger charge is -2.30. The van der Waals surface area contributed by atoms with Gasteiger partial charge in [0.15, 0.2) is 0 Å². The molecule has 2 amide bonds. The zero-order chi connectivity index (χ0) is 30.2. The van der Waals surface area contributed by atoms with E-state index in [1.54, 1.807) is 0 Å². The van der Waals surface area contributed by atoms with Gasteiger partial charge in [0.25, 0.3) is 5.91 Å². The Kier molecular flexibility index (Phi) is 10.7. The summed E-state index contributed by atoms with van der Waals surface area (Å²) in [7, 11) is 0. The molecule has 2 fully saturated rings. The summed E-state index contributed by atoms with van der Waals surface area (Å²) >= 11 is 0. The SMILES string of the molecule is Cc1ccc(C(=O)N2CC(N(CCc3ccccc3)Cc3ccccc3C)CC2C(=O)NCC2CCCC(CN)C2)cc1. The van der Waals surface area contributed by atoms with Crippen LogP contribution in [0.4, 0.5) is 0 Å². The number of amides is 2. The van der Waals surface area contributed by atoms with Gasteiger partial charge in [-0.1, -0.05) is 78.7 Å². The van der Waals surface area contributed by atoms with E-state index in [2.05, 4.69) is 65.7 Å². The third kappa shape index (κ3) is 8.12. The van der Waals surface area contributed by atoms with E-state index in [0.29, 0.717) is 43.5 Å². The van der Waals surface area contributed by atoms with E-state index in [9.17, 15) is 9.59 Å². The van der Waals surface area contributed by atoms with Crippen molar-refractivity contribution in [2.24, 2.45) is 17.6 Å². The molecule has 4 unspecified atom stereocenters. The van der Waals surface area contributed by atoms with E-state index >= 15 is 0 Å². The topological polar surface area (TPSA) is 78.7 Å². The molecule has 1 saturated carbocycles. The number of hydrogen-bond acceptors (Lipinski definition) is 4. The van der Waals surface area contributed by atoms with E-state index in [4.69, 9.17) is 5.73 Å². The number of carbonyl (C=O) groups is 2. The summed E-state index contributed by atoms with van der Waals surface area (Å²) in [4.78, 5) is 32.1. The molecule has 4 atom stereocenters. The van der Waals surface area contributed by atoms with Gasteiger partial charge in [-0.3, -0.25) is 14.5 Å². The van der Waals surface area contributed by atoms with Crippen LogP contribution in [0.3, 0.4) is 0 Å². The molecule has 3 aromatic carbocycles. The molecule has 0 radical (unpaired) electrons. The van der Waals surface area contributed by atoms with Crippen LogP contribution in [0.15, 0.2) is 78.9 Å². The molecule has 228 valence electrons. The van der Waals surface area contributed by atoms with E-state index in [0.717, 1.165) is 37.9 Å². The first-order valence-corrected chi connectivity index (χ1v) is 16.1. The van der Waals surface area contributed by atoms with Crippen LogP contribution in [-0.2, 0) is 17.8 Å². The maximum Gasteiger partial charge on any atom is 0.254 e. The van der Waals surface area contributed by atoms with Crippen molar-refractivity contribution in [3.05, 3.63) is 107 Å². The lowest BCUT2D eigenvalue weighted by atomic mass is 9.81. The maximum atomic E-state index is 13.9. The van der Waals surface area contributed by atoms with Crippen molar-refractivity contribution in [2.75, 3.05) is 26.2 Å². The van der Waals surface area contributed by atoms with Crippen molar-refractivity contribution in [3.8, 4) is 0 Å². The van der Waals surface area contributed by atoms with Gasteiger partial charge < -0.3 is 16.0 Å². The number of rotatable bonds is 11. The second kappa shape index (κ2) is 14.8. The molecule has 6 nitrogen and oxygen atoms in total. The first kappa shape index (κ1) is 31.0. The van der Waals surface area contributed by atoms with Crippen molar-refractivity contribution < 1.29 is 9.59 Å². The van der Waals surface area contributed by atoms with E-state index < -0.39 is 6.04 Å². The van der Waals surface area contributed by atoms with Crippen LogP contribution < -0.4 is 11.1 Å². The van der Waals surface area contributed by atoms with Gasteiger partial charge in [0, 0.05) is 37.8 Å². The van der Waals surface area contributed by atoms with Gasteiger partial charge in [0.05, 0.1) is 0 Å². The molecule has 1 heterocycles. The number of likely N-dealkylation sites (tertiary alicyclic amines) is 1. The third-order valence-electron chi connectivity index (χ3n) is 9.61. The van der Waals surface area contributed by atoms with Crippen LogP contribution in [0.5, 0.6) is 0 Å². The van der Waals surface area contributed by atoms with Crippen LogP contribution >= 0.6 is 0 Å². The minimum atomic E-state index is -0.496. The fourth-order valence-corrected chi connectivity index (χ4v) is 6.89. The molecule has 6 heteroatoms. The second-order valence-corrected chi connectivity index (χ2v) is 12.7. The quantitative estimate of drug-likeness (QED) is 0.313. The minimum Gasteiger partial charge on any atom is -0.354 e. The van der Waals surface area contributed by atoms with Crippen LogP contribution in [0.25, 0.3) is 0 Å². The highest BCUT2D eigenvalue weighted by molar-refractivity contribution is 5.98. The number of benzene rings is 3. The molecular weight excluding hydrogens is 532 g/mol. The first-order chi connectivity index (χ1) is 20.9. The lowest BCUT2D eigenvalue weighted by Crippen LogP contribution is -2.47. The smallest absolute Gasteiger partial charge is 0.254 e. The zero-order valence-corrected chi connectivity index (χ0v) is 25.9. The van der Waals surface area contributed by atoms with Gasteiger partial charge in [0.1, 0.15) is 6.04 Å². The van der Waals surface area contributed by atoms with Crippen molar-refractivity contribution in [3.63, 3.8) is 0 Å². The molecule has 43 heavy (non-hydrogen) atoms. The number of hydrogen-bond donors (Lipinski definition) is 2. The van der Waals surface area contributed by atoms with Gasteiger partial charge >= 0.3 is 0 Å². The Morgan fingerprint density at radius 3 is 2.37 bits per heavy atom. The maximum absolute atomic E-state index is 13.9. The van der Waals surface area contributed by atoms with E-state index in [-0.39, 0.29) is 17.9 Å². The van der Waals surface area contributed by atoms with Gasteiger partial charge in [0.2, 0.25) is 5.91 Å². The Balaban J connectivity index is 1.36. The van der Waals surface area contributed by atoms with Crippen molar-refractivity contribution in [1.82, 2.24) is 15.1 Å². The van der Waals surface area contributed by atoms with Crippen LogP contribution in [0.1, 0.15) is 64.7 Å². The van der Waals surface area contributed by atoms with Crippen LogP contribution in [0.2, 0.25) is 0 Å². The Hall–Kier alpha value is -3.48. The summed E-state index contributed by atoms with van der Waals surface area (Å²) in [6.07, 6.45) is 6.08.